The molecule has 0 aliphatic rings. The van der Waals surface area contributed by atoms with Crippen LogP contribution in [0.2, 0.25) is 39.3 Å². The fourth-order valence-electron chi connectivity index (χ4n) is 2.91. The molecule has 1 aromatic carbocycles. The number of nitrogens with zero attached hydrogens (tertiary/aromatic N) is 5. The number of amides is 1. The molecule has 0 atom stereocenters. The van der Waals surface area contributed by atoms with Gasteiger partial charge in [0.25, 0.3) is 5.91 Å². The number of hydrogen-bond donors (Lipinski definition) is 0. The van der Waals surface area contributed by atoms with Crippen molar-refractivity contribution in [1.29, 1.82) is 0 Å². The van der Waals surface area contributed by atoms with Gasteiger partial charge < -0.3 is 8.80 Å². The van der Waals surface area contributed by atoms with E-state index in [1.165, 1.54) is 0 Å². The molecule has 0 saturated heterocycles. The maximum Gasteiger partial charge on any atom is 0.251 e. The van der Waals surface area contributed by atoms with Gasteiger partial charge in [-0.15, -0.1) is 0 Å². The van der Waals surface area contributed by atoms with Crippen LogP contribution in [0.4, 0.5) is 5.82 Å². The van der Waals surface area contributed by atoms with Crippen molar-refractivity contribution in [2.75, 3.05) is 4.57 Å². The van der Waals surface area contributed by atoms with Gasteiger partial charge in [0.15, 0.2) is 27.9 Å². The molecule has 0 aliphatic carbocycles. The summed E-state index contributed by atoms with van der Waals surface area (Å²) in [4.78, 5) is 26.9. The molecule has 0 radical (unpaired) electrons. The van der Waals surface area contributed by atoms with Crippen molar-refractivity contribution in [3.05, 3.63) is 48.5 Å². The second-order valence-electron chi connectivity index (χ2n) is 8.33. The van der Waals surface area contributed by atoms with Gasteiger partial charge in [0.1, 0.15) is 11.8 Å². The lowest BCUT2D eigenvalue weighted by molar-refractivity contribution is 0.100. The van der Waals surface area contributed by atoms with Crippen LogP contribution in [0.3, 0.4) is 0 Å². The summed E-state index contributed by atoms with van der Waals surface area (Å²) in [5.74, 6) is 0.576. The molecule has 1 amide bonds. The Kier molecular flexibility index (Phi) is 4.57. The zero-order chi connectivity index (χ0) is 19.1. The minimum atomic E-state index is -2.07. The van der Waals surface area contributed by atoms with E-state index in [4.69, 9.17) is 0 Å². The van der Waals surface area contributed by atoms with Gasteiger partial charge in [0.2, 0.25) is 0 Å². The minimum Gasteiger partial charge on any atom is -0.344 e. The third-order valence-corrected chi connectivity index (χ3v) is 7.67. The van der Waals surface area contributed by atoms with Crippen molar-refractivity contribution in [2.45, 2.75) is 39.3 Å². The molecular weight excluding hydrogens is 358 g/mol. The Morgan fingerprint density at radius 1 is 0.962 bits per heavy atom. The van der Waals surface area contributed by atoms with Crippen molar-refractivity contribution >= 4 is 39.4 Å². The summed E-state index contributed by atoms with van der Waals surface area (Å²) >= 11 is 0. The molecule has 2 aromatic heterocycles. The highest BCUT2D eigenvalue weighted by Gasteiger charge is 2.34. The maximum atomic E-state index is 13.3. The summed E-state index contributed by atoms with van der Waals surface area (Å²) in [7, 11) is -3.74. The molecule has 0 N–H and O–H groups in total. The molecule has 136 valence electrons. The Bertz CT molecular complexity index is 942. The van der Waals surface area contributed by atoms with Crippen LogP contribution < -0.4 is 4.57 Å². The molecule has 0 unspecified atom stereocenters. The van der Waals surface area contributed by atoms with Crippen LogP contribution in [0.25, 0.3) is 11.2 Å². The normalized spacial score (nSPS) is 12.4. The van der Waals surface area contributed by atoms with Crippen LogP contribution in [-0.4, -0.2) is 41.6 Å². The number of hydrogen-bond acceptors (Lipinski definition) is 4. The molecule has 2 heterocycles. The van der Waals surface area contributed by atoms with Gasteiger partial charge >= 0.3 is 0 Å². The molecule has 3 aromatic rings. The SMILES string of the molecule is C[Si](C)(C)N(C(=O)c1ccccc1)c1ncnc2c1ncn2[Si](C)(C)C. The van der Waals surface area contributed by atoms with E-state index < -0.39 is 16.5 Å². The Labute approximate surface area is 156 Å². The first-order chi connectivity index (χ1) is 12.1. The molecule has 0 fully saturated rings. The van der Waals surface area contributed by atoms with Crippen molar-refractivity contribution < 1.29 is 4.79 Å². The van der Waals surface area contributed by atoms with Crippen LogP contribution in [0.5, 0.6) is 0 Å². The number of carbonyl (C=O) groups is 1. The fraction of sp³-hybridized carbons (Fsp3) is 0.333. The largest absolute Gasteiger partial charge is 0.344 e. The smallest absolute Gasteiger partial charge is 0.251 e. The Balaban J connectivity index is 2.20. The average molecular weight is 384 g/mol. The zero-order valence-electron chi connectivity index (χ0n) is 16.2. The van der Waals surface area contributed by atoms with E-state index in [0.717, 1.165) is 5.65 Å². The van der Waals surface area contributed by atoms with Crippen LogP contribution >= 0.6 is 0 Å². The Hall–Kier alpha value is -2.33. The van der Waals surface area contributed by atoms with Crippen molar-refractivity contribution in [2.24, 2.45) is 0 Å². The van der Waals surface area contributed by atoms with E-state index in [-0.39, 0.29) is 5.91 Å². The van der Waals surface area contributed by atoms with Crippen LogP contribution in [0, 0.1) is 0 Å². The molecule has 3 rings (SSSR count). The molecule has 26 heavy (non-hydrogen) atoms. The third-order valence-electron chi connectivity index (χ3n) is 4.14. The predicted molar refractivity (Wildman–Crippen MR) is 111 cm³/mol. The summed E-state index contributed by atoms with van der Waals surface area (Å²) in [6.07, 6.45) is 3.38. The van der Waals surface area contributed by atoms with E-state index >= 15 is 0 Å². The van der Waals surface area contributed by atoms with Gasteiger partial charge in [-0.1, -0.05) is 57.5 Å². The molecule has 0 saturated carbocycles. The van der Waals surface area contributed by atoms with Gasteiger partial charge in [-0.3, -0.25) is 4.79 Å². The Morgan fingerprint density at radius 2 is 1.62 bits per heavy atom. The van der Waals surface area contributed by atoms with Crippen molar-refractivity contribution in [1.82, 2.24) is 19.2 Å². The topological polar surface area (TPSA) is 63.9 Å². The zero-order valence-corrected chi connectivity index (χ0v) is 18.2. The van der Waals surface area contributed by atoms with Gasteiger partial charge in [0.05, 0.1) is 6.33 Å². The summed E-state index contributed by atoms with van der Waals surface area (Å²) in [6, 6.07) is 9.35. The molecule has 0 bridgehead atoms. The predicted octanol–water partition coefficient (Wildman–Crippen LogP) is 3.99. The number of rotatable bonds is 4. The summed E-state index contributed by atoms with van der Waals surface area (Å²) in [5.41, 5.74) is 2.16. The van der Waals surface area contributed by atoms with Crippen LogP contribution in [-0.2, 0) is 0 Å². The lowest BCUT2D eigenvalue weighted by Crippen LogP contribution is -2.50. The lowest BCUT2D eigenvalue weighted by atomic mass is 10.2. The van der Waals surface area contributed by atoms with E-state index in [1.807, 2.05) is 41.2 Å². The number of aromatic nitrogens is 4. The quantitative estimate of drug-likeness (QED) is 0.639. The second-order valence-corrected chi connectivity index (χ2v) is 17.9. The number of carbonyl (C=O) groups excluding carboxylic acids is 1. The van der Waals surface area contributed by atoms with E-state index in [0.29, 0.717) is 16.9 Å². The maximum absolute atomic E-state index is 13.3. The monoisotopic (exact) mass is 383 g/mol. The van der Waals surface area contributed by atoms with Crippen LogP contribution in [0.1, 0.15) is 10.4 Å². The number of imidazole rings is 1. The van der Waals surface area contributed by atoms with E-state index in [9.17, 15) is 4.79 Å². The molecule has 6 nitrogen and oxygen atoms in total. The highest BCUT2D eigenvalue weighted by Crippen LogP contribution is 2.29. The first-order valence-electron chi connectivity index (χ1n) is 8.69. The third kappa shape index (κ3) is 3.34. The lowest BCUT2D eigenvalue weighted by Gasteiger charge is -2.33. The summed E-state index contributed by atoms with van der Waals surface area (Å²) < 4.78 is 4.01. The first kappa shape index (κ1) is 18.5. The fourth-order valence-corrected chi connectivity index (χ4v) is 5.65. The molecule has 0 aliphatic heterocycles. The summed E-state index contributed by atoms with van der Waals surface area (Å²) in [5, 5.41) is 0. The summed E-state index contributed by atoms with van der Waals surface area (Å²) in [6.45, 7) is 13.1. The molecule has 0 spiro atoms. The van der Waals surface area contributed by atoms with Crippen LogP contribution in [0.15, 0.2) is 43.0 Å². The van der Waals surface area contributed by atoms with Crippen molar-refractivity contribution in [3.63, 3.8) is 0 Å². The average Bonchev–Trinajstić information content (AvgIpc) is 2.99. The molecule has 8 heteroatoms. The standard InChI is InChI=1S/C18H25N5OSi2/c1-25(2,3)22-13-21-15-16(22)19-12-20-17(15)23(26(4,5)6)18(24)14-10-8-7-9-11-14/h7-13H,1-6H3. The number of fused-ring (bicyclic) bond motifs is 1. The van der Waals surface area contributed by atoms with Gasteiger partial charge in [-0.25, -0.2) is 15.0 Å². The van der Waals surface area contributed by atoms with Crippen molar-refractivity contribution in [3.8, 4) is 0 Å². The van der Waals surface area contributed by atoms with Gasteiger partial charge in [-0.05, 0) is 12.1 Å². The number of benzene rings is 1. The highest BCUT2D eigenvalue weighted by molar-refractivity contribution is 6.83. The van der Waals surface area contributed by atoms with E-state index in [1.54, 1.807) is 6.33 Å². The Morgan fingerprint density at radius 3 is 2.19 bits per heavy atom. The minimum absolute atomic E-state index is 0.0349. The van der Waals surface area contributed by atoms with Gasteiger partial charge in [-0.2, -0.15) is 0 Å². The second kappa shape index (κ2) is 6.44. The van der Waals surface area contributed by atoms with E-state index in [2.05, 4.69) is 58.5 Å². The highest BCUT2D eigenvalue weighted by atomic mass is 28.3. The first-order valence-corrected chi connectivity index (χ1v) is 15.6. The molecular formula is C18H25N5OSi2. The number of anilines is 1. The van der Waals surface area contributed by atoms with Gasteiger partial charge in [0, 0.05) is 5.56 Å².